The fraction of sp³-hybridized carbons (Fsp3) is 0.300. The summed E-state index contributed by atoms with van der Waals surface area (Å²) in [5.41, 5.74) is 0. The number of hydrogen-bond donors (Lipinski definition) is 0. The van der Waals surface area contributed by atoms with Gasteiger partial charge in [0.15, 0.2) is 0 Å². The van der Waals surface area contributed by atoms with Gasteiger partial charge >= 0.3 is 100 Å². The molecule has 0 spiro atoms. The van der Waals surface area contributed by atoms with E-state index in [1.807, 2.05) is 24.3 Å². The van der Waals surface area contributed by atoms with Crippen LogP contribution < -0.4 is 4.46 Å². The van der Waals surface area contributed by atoms with E-state index in [1.54, 1.807) is 0 Å². The topological polar surface area (TPSA) is 17.1 Å². The number of carbonyl (C=O) groups excluding carboxylic acids is 1. The van der Waals surface area contributed by atoms with Crippen molar-refractivity contribution in [2.75, 3.05) is 0 Å². The molecule has 1 rings (SSSR count). The van der Waals surface area contributed by atoms with Crippen LogP contribution in [0.1, 0.15) is 12.8 Å². The molecule has 0 atom stereocenters. The summed E-state index contributed by atoms with van der Waals surface area (Å²) >= 11 is 11.4. The summed E-state index contributed by atoms with van der Waals surface area (Å²) in [4.78, 5) is 10.5. The molecule has 0 bridgehead atoms. The van der Waals surface area contributed by atoms with Crippen molar-refractivity contribution < 1.29 is 4.79 Å². The average molecular weight is 296 g/mol. The second-order valence-corrected chi connectivity index (χ2v) is 6.07. The maximum atomic E-state index is 10.5. The Morgan fingerprint density at radius 3 is 2.50 bits per heavy atom. The van der Waals surface area contributed by atoms with E-state index in [0.29, 0.717) is 21.4 Å². The summed E-state index contributed by atoms with van der Waals surface area (Å²) in [6.45, 7) is 0. The monoisotopic (exact) mass is 296 g/mol. The molecule has 0 fully saturated rings. The van der Waals surface area contributed by atoms with E-state index < -0.39 is 0 Å². The van der Waals surface area contributed by atoms with Gasteiger partial charge in [-0.25, -0.2) is 0 Å². The van der Waals surface area contributed by atoms with Gasteiger partial charge in [-0.2, -0.15) is 0 Å². The molecule has 14 heavy (non-hydrogen) atoms. The first-order chi connectivity index (χ1) is 6.68. The van der Waals surface area contributed by atoms with E-state index in [2.05, 4.69) is 0 Å². The minimum absolute atomic E-state index is 0.239. The number of hydrogen-bond acceptors (Lipinski definition) is 1. The molecule has 0 aliphatic rings. The molecule has 0 N–H and O–H groups in total. The molecule has 1 nitrogen and oxygen atoms in total. The summed E-state index contributed by atoms with van der Waals surface area (Å²) in [7, 11) is 0. The summed E-state index contributed by atoms with van der Waals surface area (Å²) in [5, 5.41) is 1.57. The van der Waals surface area contributed by atoms with Crippen molar-refractivity contribution in [3.63, 3.8) is 0 Å². The first kappa shape index (κ1) is 12.1. The van der Waals surface area contributed by atoms with Crippen LogP contribution in [-0.4, -0.2) is 20.2 Å². The van der Waals surface area contributed by atoms with E-state index in [0.717, 1.165) is 16.8 Å². The van der Waals surface area contributed by atoms with Gasteiger partial charge in [-0.1, -0.05) is 0 Å². The molecule has 0 amide bonds. The molecule has 76 valence electrons. The average Bonchev–Trinajstić information content (AvgIpc) is 2.15. The maximum absolute atomic E-state index is 10.5. The molecule has 0 saturated carbocycles. The van der Waals surface area contributed by atoms with Gasteiger partial charge < -0.3 is 0 Å². The molecular formula is C10H10Cl2OSe. The van der Waals surface area contributed by atoms with Gasteiger partial charge in [0.05, 0.1) is 0 Å². The molecule has 0 radical (unpaired) electrons. The molecule has 0 aliphatic heterocycles. The Balaban J connectivity index is 2.25. The van der Waals surface area contributed by atoms with Crippen LogP contribution >= 0.6 is 23.2 Å². The van der Waals surface area contributed by atoms with Gasteiger partial charge in [-0.05, 0) is 0 Å². The Kier molecular flexibility index (Phi) is 5.57. The van der Waals surface area contributed by atoms with Crippen molar-refractivity contribution in [1.29, 1.82) is 0 Å². The van der Waals surface area contributed by atoms with Crippen LogP contribution in [0.4, 0.5) is 0 Å². The normalized spacial score (nSPS) is 10.1. The molecule has 0 saturated heterocycles. The third kappa shape index (κ3) is 5.02. The fourth-order valence-corrected chi connectivity index (χ4v) is 2.98. The van der Waals surface area contributed by atoms with Gasteiger partial charge in [0, 0.05) is 0 Å². The molecule has 1 aromatic carbocycles. The van der Waals surface area contributed by atoms with Crippen LogP contribution in [0.15, 0.2) is 24.3 Å². The standard InChI is InChI=1S/C10H10Cl2OSe/c11-8-3-5-9(6-4-8)14-7-1-2-10(12)13/h3-6H,1-2,7H2. The van der Waals surface area contributed by atoms with E-state index >= 15 is 0 Å². The Labute approximate surface area is 99.9 Å². The van der Waals surface area contributed by atoms with E-state index in [9.17, 15) is 4.79 Å². The molecule has 0 aliphatic carbocycles. The van der Waals surface area contributed by atoms with Gasteiger partial charge in [0.2, 0.25) is 0 Å². The van der Waals surface area contributed by atoms with Gasteiger partial charge in [-0.15, -0.1) is 0 Å². The van der Waals surface area contributed by atoms with Crippen molar-refractivity contribution in [3.8, 4) is 0 Å². The fourth-order valence-electron chi connectivity index (χ4n) is 0.932. The van der Waals surface area contributed by atoms with Crippen LogP contribution in [0.3, 0.4) is 0 Å². The SMILES string of the molecule is O=C(Cl)CCC[Se]c1ccc(Cl)cc1. The Morgan fingerprint density at radius 2 is 1.93 bits per heavy atom. The number of rotatable bonds is 5. The van der Waals surface area contributed by atoms with Gasteiger partial charge in [-0.3, -0.25) is 0 Å². The third-order valence-electron chi connectivity index (χ3n) is 1.60. The van der Waals surface area contributed by atoms with Gasteiger partial charge in [0.1, 0.15) is 0 Å². The van der Waals surface area contributed by atoms with Crippen molar-refractivity contribution in [1.82, 2.24) is 0 Å². The van der Waals surface area contributed by atoms with Crippen molar-refractivity contribution >= 4 is 47.9 Å². The van der Waals surface area contributed by atoms with Crippen molar-refractivity contribution in [2.45, 2.75) is 18.2 Å². The van der Waals surface area contributed by atoms with Crippen LogP contribution in [0.25, 0.3) is 0 Å². The zero-order valence-electron chi connectivity index (χ0n) is 7.50. The van der Waals surface area contributed by atoms with E-state index in [-0.39, 0.29) is 5.24 Å². The van der Waals surface area contributed by atoms with Crippen LogP contribution in [0.2, 0.25) is 10.3 Å². The molecule has 0 unspecified atom stereocenters. The Morgan fingerprint density at radius 1 is 1.29 bits per heavy atom. The second-order valence-electron chi connectivity index (χ2n) is 2.76. The Bertz CT molecular complexity index is 297. The molecule has 0 aromatic heterocycles. The zero-order valence-corrected chi connectivity index (χ0v) is 10.7. The number of carbonyl (C=O) groups is 1. The summed E-state index contributed by atoms with van der Waals surface area (Å²) < 4.78 is 1.31. The van der Waals surface area contributed by atoms with E-state index in [4.69, 9.17) is 23.2 Å². The summed E-state index contributed by atoms with van der Waals surface area (Å²) in [5.74, 6) is 0. The van der Waals surface area contributed by atoms with Crippen LogP contribution in [0.5, 0.6) is 0 Å². The van der Waals surface area contributed by atoms with E-state index in [1.165, 1.54) is 4.46 Å². The summed E-state index contributed by atoms with van der Waals surface area (Å²) in [6, 6.07) is 7.85. The predicted octanol–water partition coefficient (Wildman–Crippen LogP) is 2.63. The molecular weight excluding hydrogens is 286 g/mol. The molecule has 1 aromatic rings. The second kappa shape index (κ2) is 6.47. The van der Waals surface area contributed by atoms with Crippen LogP contribution in [-0.2, 0) is 4.79 Å². The predicted molar refractivity (Wildman–Crippen MR) is 61.7 cm³/mol. The van der Waals surface area contributed by atoms with Crippen molar-refractivity contribution in [2.24, 2.45) is 0 Å². The number of halogens is 2. The zero-order chi connectivity index (χ0) is 10.4. The number of benzene rings is 1. The first-order valence-electron chi connectivity index (χ1n) is 4.25. The molecule has 4 heteroatoms. The van der Waals surface area contributed by atoms with Gasteiger partial charge in [0.25, 0.3) is 0 Å². The quantitative estimate of drug-likeness (QED) is 0.464. The Hall–Kier alpha value is -0.0105. The molecule has 0 heterocycles. The minimum atomic E-state index is -0.239. The first-order valence-corrected chi connectivity index (χ1v) is 7.07. The summed E-state index contributed by atoms with van der Waals surface area (Å²) in [6.07, 6.45) is 1.36. The van der Waals surface area contributed by atoms with Crippen LogP contribution in [0, 0.1) is 0 Å². The van der Waals surface area contributed by atoms with Crippen molar-refractivity contribution in [3.05, 3.63) is 29.3 Å². The third-order valence-corrected chi connectivity index (χ3v) is 4.35.